The molecule has 5 nitrogen and oxygen atoms in total. The molecule has 0 radical (unpaired) electrons. The second-order valence-corrected chi connectivity index (χ2v) is 7.87. The molecule has 3 aromatic carbocycles. The van der Waals surface area contributed by atoms with Crippen molar-refractivity contribution >= 4 is 23.2 Å². The highest BCUT2D eigenvalue weighted by Gasteiger charge is 2.60. The van der Waals surface area contributed by atoms with Gasteiger partial charge in [-0.25, -0.2) is 9.96 Å². The second kappa shape index (κ2) is 7.11. The largest absolute Gasteiger partial charge is 0.273 e. The first-order chi connectivity index (χ1) is 14.6. The summed E-state index contributed by atoms with van der Waals surface area (Å²) in [6.07, 6.45) is -0.845. The highest BCUT2D eigenvalue weighted by Crippen LogP contribution is 2.48. The van der Waals surface area contributed by atoms with Gasteiger partial charge in [0, 0.05) is 0 Å². The van der Waals surface area contributed by atoms with Crippen molar-refractivity contribution in [3.8, 4) is 0 Å². The van der Waals surface area contributed by atoms with E-state index in [1.54, 1.807) is 11.1 Å². The molecule has 5 heteroatoms. The van der Waals surface area contributed by atoms with Crippen LogP contribution in [-0.4, -0.2) is 17.9 Å². The van der Waals surface area contributed by atoms with E-state index in [4.69, 9.17) is 4.84 Å². The monoisotopic (exact) mass is 398 g/mol. The minimum Gasteiger partial charge on any atom is -0.273 e. The zero-order valence-electron chi connectivity index (χ0n) is 16.9. The number of hydroxylamine groups is 1. The van der Waals surface area contributed by atoms with Crippen LogP contribution in [0, 0.1) is 19.8 Å². The molecule has 0 N–H and O–H groups in total. The van der Waals surface area contributed by atoms with Crippen molar-refractivity contribution in [2.75, 3.05) is 9.96 Å². The molecule has 0 aromatic heterocycles. The van der Waals surface area contributed by atoms with E-state index in [2.05, 4.69) is 0 Å². The van der Waals surface area contributed by atoms with Gasteiger partial charge in [0.15, 0.2) is 6.10 Å². The van der Waals surface area contributed by atoms with Crippen LogP contribution in [0.1, 0.15) is 22.7 Å². The van der Waals surface area contributed by atoms with E-state index in [-0.39, 0.29) is 17.9 Å². The average molecular weight is 398 g/mol. The number of hydrogen-bond acceptors (Lipinski definition) is 4. The lowest BCUT2D eigenvalue weighted by atomic mass is 9.88. The van der Waals surface area contributed by atoms with Crippen LogP contribution in [0.5, 0.6) is 0 Å². The van der Waals surface area contributed by atoms with Gasteiger partial charge in [0.25, 0.3) is 5.91 Å². The van der Waals surface area contributed by atoms with Gasteiger partial charge in [-0.1, -0.05) is 54.6 Å². The number of fused-ring (bicyclic) bond motifs is 1. The number of benzene rings is 3. The lowest BCUT2D eigenvalue weighted by Crippen LogP contribution is -2.37. The first kappa shape index (κ1) is 18.6. The van der Waals surface area contributed by atoms with Crippen LogP contribution in [0.15, 0.2) is 78.9 Å². The number of aryl methyl sites for hydroxylation is 2. The lowest BCUT2D eigenvalue weighted by molar-refractivity contribution is -0.126. The van der Waals surface area contributed by atoms with Crippen molar-refractivity contribution in [1.82, 2.24) is 0 Å². The summed E-state index contributed by atoms with van der Waals surface area (Å²) in [5.41, 5.74) is 4.45. The summed E-state index contributed by atoms with van der Waals surface area (Å²) in [5, 5.41) is 1.74. The van der Waals surface area contributed by atoms with Crippen LogP contribution in [0.4, 0.5) is 11.4 Å². The number of anilines is 2. The van der Waals surface area contributed by atoms with Gasteiger partial charge in [0.05, 0.1) is 17.4 Å². The molecule has 2 fully saturated rings. The first-order valence-corrected chi connectivity index (χ1v) is 10.1. The van der Waals surface area contributed by atoms with Crippen LogP contribution >= 0.6 is 0 Å². The van der Waals surface area contributed by atoms with E-state index in [0.29, 0.717) is 5.69 Å². The summed E-state index contributed by atoms with van der Waals surface area (Å²) in [6.45, 7) is 3.96. The maximum absolute atomic E-state index is 13.6. The molecule has 2 saturated heterocycles. The molecular weight excluding hydrogens is 376 g/mol. The molecule has 3 atom stereocenters. The minimum absolute atomic E-state index is 0.220. The Balaban J connectivity index is 1.61. The Bertz CT molecular complexity index is 1130. The lowest BCUT2D eigenvalue weighted by Gasteiger charge is -2.29. The molecule has 0 unspecified atom stereocenters. The fraction of sp³-hybridized carbons (Fsp3) is 0.200. The average Bonchev–Trinajstić information content (AvgIpc) is 3.25. The van der Waals surface area contributed by atoms with Crippen LogP contribution in [0.3, 0.4) is 0 Å². The minimum atomic E-state index is -0.845. The maximum Gasteiger partial charge on any atom is 0.266 e. The third-order valence-electron chi connectivity index (χ3n) is 5.89. The molecule has 0 spiro atoms. The molecule has 0 aliphatic carbocycles. The molecule has 2 amide bonds. The third-order valence-corrected chi connectivity index (χ3v) is 5.89. The smallest absolute Gasteiger partial charge is 0.266 e. The Morgan fingerprint density at radius 3 is 2.20 bits per heavy atom. The van der Waals surface area contributed by atoms with Gasteiger partial charge in [-0.05, 0) is 54.8 Å². The standard InChI is InChI=1S/C25H22N2O3/c1-16-9-8-13-19(15-16)26-24(28)21-22(20-14-7-6-10-17(20)2)27(30-23(21)25(26)29)18-11-4-3-5-12-18/h3-15,21-23H,1-2H3/t21-,22+,23+/m0/s1. The van der Waals surface area contributed by atoms with Gasteiger partial charge in [0.2, 0.25) is 5.91 Å². The molecule has 2 aliphatic heterocycles. The van der Waals surface area contributed by atoms with Crippen molar-refractivity contribution in [3.63, 3.8) is 0 Å². The summed E-state index contributed by atoms with van der Waals surface area (Å²) in [4.78, 5) is 34.3. The van der Waals surface area contributed by atoms with Crippen molar-refractivity contribution in [2.45, 2.75) is 26.0 Å². The number of hydrogen-bond donors (Lipinski definition) is 0. The van der Waals surface area contributed by atoms with Crippen LogP contribution < -0.4 is 9.96 Å². The highest BCUT2D eigenvalue weighted by atomic mass is 16.7. The van der Waals surface area contributed by atoms with E-state index in [0.717, 1.165) is 22.4 Å². The van der Waals surface area contributed by atoms with E-state index in [1.807, 2.05) is 86.6 Å². The fourth-order valence-corrected chi connectivity index (χ4v) is 4.47. The molecule has 150 valence electrons. The predicted octanol–water partition coefficient (Wildman–Crippen LogP) is 4.35. The zero-order chi connectivity index (χ0) is 20.8. The fourth-order valence-electron chi connectivity index (χ4n) is 4.47. The van der Waals surface area contributed by atoms with Crippen molar-refractivity contribution in [2.24, 2.45) is 5.92 Å². The number of amides is 2. The van der Waals surface area contributed by atoms with Crippen molar-refractivity contribution in [3.05, 3.63) is 95.6 Å². The Labute approximate surface area is 175 Å². The maximum atomic E-state index is 13.6. The normalized spacial score (nSPS) is 23.2. The molecule has 30 heavy (non-hydrogen) atoms. The number of rotatable bonds is 3. The third kappa shape index (κ3) is 2.82. The number of imide groups is 1. The second-order valence-electron chi connectivity index (χ2n) is 7.87. The summed E-state index contributed by atoms with van der Waals surface area (Å²) in [7, 11) is 0. The van der Waals surface area contributed by atoms with Gasteiger partial charge in [-0.2, -0.15) is 0 Å². The van der Waals surface area contributed by atoms with Gasteiger partial charge in [0.1, 0.15) is 5.92 Å². The topological polar surface area (TPSA) is 49.9 Å². The molecule has 2 aliphatic rings. The molecule has 0 bridgehead atoms. The Morgan fingerprint density at radius 2 is 1.47 bits per heavy atom. The molecular formula is C25H22N2O3. The SMILES string of the molecule is Cc1cccc(N2C(=O)[C@H]3[C@@H](c4ccccc4C)N(c4ccccc4)O[C@H]3C2=O)c1. The number of carbonyl (C=O) groups excluding carboxylic acids is 2. The highest BCUT2D eigenvalue weighted by molar-refractivity contribution is 6.24. The summed E-state index contributed by atoms with van der Waals surface area (Å²) in [5.74, 6) is -1.14. The van der Waals surface area contributed by atoms with E-state index >= 15 is 0 Å². The van der Waals surface area contributed by atoms with E-state index < -0.39 is 12.0 Å². The van der Waals surface area contributed by atoms with Crippen molar-refractivity contribution < 1.29 is 14.4 Å². The predicted molar refractivity (Wildman–Crippen MR) is 115 cm³/mol. The molecule has 2 heterocycles. The van der Waals surface area contributed by atoms with Gasteiger partial charge < -0.3 is 0 Å². The number of carbonyl (C=O) groups is 2. The zero-order valence-corrected chi connectivity index (χ0v) is 16.9. The number of para-hydroxylation sites is 1. The quantitative estimate of drug-likeness (QED) is 0.616. The van der Waals surface area contributed by atoms with Crippen LogP contribution in [0.2, 0.25) is 0 Å². The van der Waals surface area contributed by atoms with Gasteiger partial charge in [-0.3, -0.25) is 14.4 Å². The Morgan fingerprint density at radius 1 is 0.767 bits per heavy atom. The van der Waals surface area contributed by atoms with Gasteiger partial charge in [-0.15, -0.1) is 0 Å². The van der Waals surface area contributed by atoms with Crippen LogP contribution in [0.25, 0.3) is 0 Å². The summed E-state index contributed by atoms with van der Waals surface area (Å²) >= 11 is 0. The molecule has 5 rings (SSSR count). The van der Waals surface area contributed by atoms with Gasteiger partial charge >= 0.3 is 0 Å². The molecule has 3 aromatic rings. The van der Waals surface area contributed by atoms with Crippen LogP contribution in [-0.2, 0) is 14.4 Å². The Hall–Kier alpha value is -3.44. The first-order valence-electron chi connectivity index (χ1n) is 10.1. The summed E-state index contributed by atoms with van der Waals surface area (Å²) < 4.78 is 0. The molecule has 0 saturated carbocycles. The number of nitrogens with zero attached hydrogens (tertiary/aromatic N) is 2. The van der Waals surface area contributed by atoms with E-state index in [9.17, 15) is 9.59 Å². The van der Waals surface area contributed by atoms with Crippen molar-refractivity contribution in [1.29, 1.82) is 0 Å². The Kier molecular flexibility index (Phi) is 4.40. The van der Waals surface area contributed by atoms with E-state index in [1.165, 1.54) is 4.90 Å². The summed E-state index contributed by atoms with van der Waals surface area (Å²) in [6, 6.07) is 24.7.